The van der Waals surface area contributed by atoms with E-state index in [1.807, 2.05) is 29.2 Å². The van der Waals surface area contributed by atoms with Gasteiger partial charge >= 0.3 is 0 Å². The largest absolute Gasteiger partial charge is 0.370 e. The van der Waals surface area contributed by atoms with Crippen molar-refractivity contribution < 1.29 is 4.79 Å². The van der Waals surface area contributed by atoms with E-state index in [0.29, 0.717) is 17.7 Å². The summed E-state index contributed by atoms with van der Waals surface area (Å²) < 4.78 is 0. The molecule has 1 aliphatic rings. The number of carbonyl (C=O) groups excluding carboxylic acids is 1. The Morgan fingerprint density at radius 2 is 1.74 bits per heavy atom. The molecule has 116 valence electrons. The highest BCUT2D eigenvalue weighted by molar-refractivity contribution is 5.94. The van der Waals surface area contributed by atoms with Gasteiger partial charge in [-0.05, 0) is 42.8 Å². The fourth-order valence-electron chi connectivity index (χ4n) is 2.80. The molecule has 0 atom stereocenters. The second kappa shape index (κ2) is 6.93. The Balaban J connectivity index is 1.67. The van der Waals surface area contributed by atoms with Crippen LogP contribution >= 0.6 is 0 Å². The van der Waals surface area contributed by atoms with E-state index in [-0.39, 0.29) is 5.91 Å². The third-order valence-electron chi connectivity index (χ3n) is 4.07. The van der Waals surface area contributed by atoms with E-state index < -0.39 is 0 Å². The summed E-state index contributed by atoms with van der Waals surface area (Å²) in [6.45, 7) is 3.16. The molecule has 1 aromatic heterocycles. The number of aromatic nitrogens is 1. The molecule has 0 N–H and O–H groups in total. The molecular weight excluding hydrogens is 288 g/mol. The summed E-state index contributed by atoms with van der Waals surface area (Å²) in [6.07, 6.45) is 4.22. The number of rotatable bonds is 2. The predicted octanol–water partition coefficient (Wildman–Crippen LogP) is 2.31. The zero-order valence-electron chi connectivity index (χ0n) is 12.9. The van der Waals surface area contributed by atoms with Crippen molar-refractivity contribution in [2.24, 2.45) is 0 Å². The van der Waals surface area contributed by atoms with E-state index in [4.69, 9.17) is 5.26 Å². The average Bonchev–Trinajstić information content (AvgIpc) is 2.88. The summed E-state index contributed by atoms with van der Waals surface area (Å²) in [5.74, 6) is 0.0640. The molecule has 2 aromatic rings. The lowest BCUT2D eigenvalue weighted by Crippen LogP contribution is -2.35. The monoisotopic (exact) mass is 306 g/mol. The van der Waals surface area contributed by atoms with Crippen LogP contribution in [-0.2, 0) is 0 Å². The van der Waals surface area contributed by atoms with E-state index in [1.54, 1.807) is 24.5 Å². The molecule has 1 aromatic carbocycles. The molecule has 0 saturated carbocycles. The van der Waals surface area contributed by atoms with Crippen molar-refractivity contribution in [3.05, 3.63) is 59.9 Å². The van der Waals surface area contributed by atoms with Crippen molar-refractivity contribution in [1.82, 2.24) is 9.88 Å². The van der Waals surface area contributed by atoms with E-state index >= 15 is 0 Å². The number of carbonyl (C=O) groups is 1. The minimum Gasteiger partial charge on any atom is -0.370 e. The minimum atomic E-state index is 0.0640. The molecule has 2 heterocycles. The van der Waals surface area contributed by atoms with E-state index in [9.17, 15) is 4.79 Å². The van der Waals surface area contributed by atoms with Crippen LogP contribution in [0.1, 0.15) is 22.3 Å². The molecule has 0 spiro atoms. The number of nitriles is 1. The fourth-order valence-corrected chi connectivity index (χ4v) is 2.80. The van der Waals surface area contributed by atoms with Crippen LogP contribution in [0.3, 0.4) is 0 Å². The number of pyridine rings is 1. The lowest BCUT2D eigenvalue weighted by Gasteiger charge is -2.23. The first-order chi connectivity index (χ1) is 11.3. The second-order valence-electron chi connectivity index (χ2n) is 5.53. The van der Waals surface area contributed by atoms with Crippen molar-refractivity contribution in [1.29, 1.82) is 5.26 Å². The van der Waals surface area contributed by atoms with Crippen molar-refractivity contribution in [3.8, 4) is 6.07 Å². The van der Waals surface area contributed by atoms with Crippen LogP contribution in [0.25, 0.3) is 0 Å². The predicted molar refractivity (Wildman–Crippen MR) is 88.1 cm³/mol. The topological polar surface area (TPSA) is 60.2 Å². The molecule has 0 bridgehead atoms. The van der Waals surface area contributed by atoms with Gasteiger partial charge in [-0.25, -0.2) is 0 Å². The molecule has 1 fully saturated rings. The van der Waals surface area contributed by atoms with Crippen LogP contribution in [0, 0.1) is 11.3 Å². The maximum absolute atomic E-state index is 12.5. The molecule has 23 heavy (non-hydrogen) atoms. The number of nitrogens with zero attached hydrogens (tertiary/aromatic N) is 4. The molecule has 0 radical (unpaired) electrons. The van der Waals surface area contributed by atoms with E-state index in [2.05, 4.69) is 16.0 Å². The van der Waals surface area contributed by atoms with Gasteiger partial charge in [0.2, 0.25) is 0 Å². The van der Waals surface area contributed by atoms with Gasteiger partial charge < -0.3 is 9.80 Å². The van der Waals surface area contributed by atoms with E-state index in [1.165, 1.54) is 0 Å². The van der Waals surface area contributed by atoms with Crippen molar-refractivity contribution in [2.45, 2.75) is 6.42 Å². The van der Waals surface area contributed by atoms with Gasteiger partial charge in [-0.3, -0.25) is 9.78 Å². The zero-order chi connectivity index (χ0) is 16.1. The lowest BCUT2D eigenvalue weighted by molar-refractivity contribution is 0.0767. The summed E-state index contributed by atoms with van der Waals surface area (Å²) in [7, 11) is 0. The number of benzene rings is 1. The summed E-state index contributed by atoms with van der Waals surface area (Å²) in [4.78, 5) is 20.6. The normalized spacial score (nSPS) is 14.9. The Hall–Kier alpha value is -2.87. The van der Waals surface area contributed by atoms with Gasteiger partial charge in [0.25, 0.3) is 5.91 Å². The Morgan fingerprint density at radius 1 is 1.00 bits per heavy atom. The summed E-state index contributed by atoms with van der Waals surface area (Å²) in [5.41, 5.74) is 2.45. The van der Waals surface area contributed by atoms with Crippen molar-refractivity contribution in [3.63, 3.8) is 0 Å². The van der Waals surface area contributed by atoms with Crippen LogP contribution in [0.5, 0.6) is 0 Å². The Kier molecular flexibility index (Phi) is 4.53. The van der Waals surface area contributed by atoms with Crippen LogP contribution in [0.15, 0.2) is 48.8 Å². The maximum Gasteiger partial charge on any atom is 0.254 e. The molecule has 1 aliphatic heterocycles. The number of hydrogen-bond donors (Lipinski definition) is 0. The molecule has 5 nitrogen and oxygen atoms in total. The lowest BCUT2D eigenvalue weighted by atomic mass is 10.2. The van der Waals surface area contributed by atoms with Crippen molar-refractivity contribution >= 4 is 11.6 Å². The highest BCUT2D eigenvalue weighted by Crippen LogP contribution is 2.18. The summed E-state index contributed by atoms with van der Waals surface area (Å²) in [5, 5.41) is 8.88. The van der Waals surface area contributed by atoms with Crippen LogP contribution in [-0.4, -0.2) is 42.0 Å². The maximum atomic E-state index is 12.5. The van der Waals surface area contributed by atoms with Gasteiger partial charge in [0.05, 0.1) is 11.6 Å². The Morgan fingerprint density at radius 3 is 2.43 bits per heavy atom. The Bertz CT molecular complexity index is 706. The third-order valence-corrected chi connectivity index (χ3v) is 4.07. The van der Waals surface area contributed by atoms with Crippen molar-refractivity contribution in [2.75, 3.05) is 31.1 Å². The average molecular weight is 306 g/mol. The van der Waals surface area contributed by atoms with Gasteiger partial charge in [-0.15, -0.1) is 0 Å². The quantitative estimate of drug-likeness (QED) is 0.854. The molecular formula is C18H18N4O. The summed E-state index contributed by atoms with van der Waals surface area (Å²) >= 11 is 0. The number of amides is 1. The highest BCUT2D eigenvalue weighted by atomic mass is 16.2. The molecule has 5 heteroatoms. The molecule has 0 unspecified atom stereocenters. The van der Waals surface area contributed by atoms with Crippen LogP contribution in [0.2, 0.25) is 0 Å². The molecule has 3 rings (SSSR count). The standard InChI is InChI=1S/C18H18N4O/c19-14-15-2-4-17(5-3-15)21-10-1-11-22(13-12-21)18(23)16-6-8-20-9-7-16/h2-9H,1,10-13H2. The molecule has 0 aliphatic carbocycles. The molecule has 1 amide bonds. The van der Waals surface area contributed by atoms with Crippen LogP contribution in [0.4, 0.5) is 5.69 Å². The van der Waals surface area contributed by atoms with Gasteiger partial charge in [0.1, 0.15) is 0 Å². The third kappa shape index (κ3) is 3.49. The fraction of sp³-hybridized carbons (Fsp3) is 0.278. The van der Waals surface area contributed by atoms with Gasteiger partial charge in [0, 0.05) is 49.8 Å². The van der Waals surface area contributed by atoms with Gasteiger partial charge in [-0.1, -0.05) is 0 Å². The molecule has 1 saturated heterocycles. The Labute approximate surface area is 135 Å². The highest BCUT2D eigenvalue weighted by Gasteiger charge is 2.20. The SMILES string of the molecule is N#Cc1ccc(N2CCCN(C(=O)c3ccncc3)CC2)cc1. The minimum absolute atomic E-state index is 0.0640. The second-order valence-corrected chi connectivity index (χ2v) is 5.53. The zero-order valence-corrected chi connectivity index (χ0v) is 12.9. The van der Waals surface area contributed by atoms with Crippen LogP contribution < -0.4 is 4.90 Å². The van der Waals surface area contributed by atoms with Gasteiger partial charge in [-0.2, -0.15) is 5.26 Å². The van der Waals surface area contributed by atoms with Gasteiger partial charge in [0.15, 0.2) is 0 Å². The number of hydrogen-bond acceptors (Lipinski definition) is 4. The number of anilines is 1. The summed E-state index contributed by atoms with van der Waals surface area (Å²) in [6, 6.07) is 13.3. The first-order valence-electron chi connectivity index (χ1n) is 7.72. The van der Waals surface area contributed by atoms with E-state index in [0.717, 1.165) is 31.7 Å². The smallest absolute Gasteiger partial charge is 0.254 e. The first kappa shape index (κ1) is 15.0. The first-order valence-corrected chi connectivity index (χ1v) is 7.72.